The van der Waals surface area contributed by atoms with Gasteiger partial charge in [-0.05, 0) is 50.3 Å². The van der Waals surface area contributed by atoms with E-state index >= 15 is 0 Å². The van der Waals surface area contributed by atoms with E-state index in [0.717, 1.165) is 17.6 Å². The van der Waals surface area contributed by atoms with Crippen molar-refractivity contribution in [3.05, 3.63) is 30.6 Å². The molecular formula is C16H22N4. The minimum absolute atomic E-state index is 0.736. The second-order valence-corrected chi connectivity index (χ2v) is 6.09. The summed E-state index contributed by atoms with van der Waals surface area (Å²) < 4.78 is 2.21. The average molecular weight is 270 g/mol. The highest BCUT2D eigenvalue weighted by Gasteiger charge is 2.29. The fourth-order valence-electron chi connectivity index (χ4n) is 3.85. The zero-order valence-corrected chi connectivity index (χ0v) is 11.8. The van der Waals surface area contributed by atoms with Crippen LogP contribution in [0.5, 0.6) is 0 Å². The number of aromatic nitrogens is 2. The Morgan fingerprint density at radius 1 is 1.20 bits per heavy atom. The topological polar surface area (TPSA) is 32.6 Å². The van der Waals surface area contributed by atoms with E-state index in [9.17, 15) is 0 Å². The van der Waals surface area contributed by atoms with Crippen molar-refractivity contribution in [3.8, 4) is 0 Å². The van der Waals surface area contributed by atoms with Gasteiger partial charge in [-0.25, -0.2) is 4.98 Å². The normalized spacial score (nSPS) is 27.3. The zero-order valence-electron chi connectivity index (χ0n) is 11.8. The molecule has 106 valence electrons. The van der Waals surface area contributed by atoms with Gasteiger partial charge in [-0.3, -0.25) is 4.40 Å². The molecule has 4 rings (SSSR count). The molecule has 2 aliphatic rings. The van der Waals surface area contributed by atoms with E-state index in [2.05, 4.69) is 44.0 Å². The Hall–Kier alpha value is -1.55. The highest BCUT2D eigenvalue weighted by atomic mass is 15.2. The van der Waals surface area contributed by atoms with Gasteiger partial charge in [0.2, 0.25) is 0 Å². The van der Waals surface area contributed by atoms with Crippen molar-refractivity contribution in [1.29, 1.82) is 0 Å². The third-order valence-electron chi connectivity index (χ3n) is 4.86. The Balaban J connectivity index is 1.59. The van der Waals surface area contributed by atoms with Crippen LogP contribution in [0, 0.1) is 5.92 Å². The highest BCUT2D eigenvalue weighted by molar-refractivity contribution is 5.51. The standard InChI is InChI=1S/C16H22N4/c1-6-15-18-9-11-20(15)16(7-1)19-10-3-4-13(12-19)14-5-2-8-17-14/h1,6-7,9,11,13-14,17H,2-5,8,10,12H2. The quantitative estimate of drug-likeness (QED) is 0.909. The minimum atomic E-state index is 0.736. The molecular weight excluding hydrogens is 248 g/mol. The van der Waals surface area contributed by atoms with Gasteiger partial charge in [0.25, 0.3) is 0 Å². The van der Waals surface area contributed by atoms with E-state index in [4.69, 9.17) is 0 Å². The summed E-state index contributed by atoms with van der Waals surface area (Å²) in [5.41, 5.74) is 1.05. The number of imidazole rings is 1. The number of pyridine rings is 1. The summed E-state index contributed by atoms with van der Waals surface area (Å²) in [5.74, 6) is 2.09. The number of nitrogens with one attached hydrogen (secondary N) is 1. The third kappa shape index (κ3) is 2.08. The lowest BCUT2D eigenvalue weighted by Gasteiger charge is -2.37. The van der Waals surface area contributed by atoms with Gasteiger partial charge >= 0.3 is 0 Å². The highest BCUT2D eigenvalue weighted by Crippen LogP contribution is 2.28. The molecule has 0 saturated carbocycles. The molecule has 2 saturated heterocycles. The molecule has 2 aromatic heterocycles. The van der Waals surface area contributed by atoms with Crippen molar-refractivity contribution in [1.82, 2.24) is 14.7 Å². The second kappa shape index (κ2) is 5.09. The van der Waals surface area contributed by atoms with Crippen LogP contribution in [0.25, 0.3) is 5.65 Å². The van der Waals surface area contributed by atoms with Crippen molar-refractivity contribution in [2.24, 2.45) is 5.92 Å². The van der Waals surface area contributed by atoms with Crippen LogP contribution in [-0.4, -0.2) is 35.1 Å². The van der Waals surface area contributed by atoms with E-state index in [0.29, 0.717) is 0 Å². The van der Waals surface area contributed by atoms with Crippen LogP contribution in [0.1, 0.15) is 25.7 Å². The monoisotopic (exact) mass is 270 g/mol. The molecule has 4 nitrogen and oxygen atoms in total. The van der Waals surface area contributed by atoms with E-state index in [1.807, 2.05) is 6.20 Å². The molecule has 2 unspecified atom stereocenters. The lowest BCUT2D eigenvalue weighted by atomic mass is 9.90. The third-order valence-corrected chi connectivity index (χ3v) is 4.86. The van der Waals surface area contributed by atoms with Crippen LogP contribution in [0.15, 0.2) is 30.6 Å². The van der Waals surface area contributed by atoms with E-state index in [1.54, 1.807) is 0 Å². The number of hydrogen-bond acceptors (Lipinski definition) is 3. The Morgan fingerprint density at radius 3 is 3.10 bits per heavy atom. The molecule has 0 spiro atoms. The molecule has 20 heavy (non-hydrogen) atoms. The van der Waals surface area contributed by atoms with Gasteiger partial charge < -0.3 is 10.2 Å². The Morgan fingerprint density at radius 2 is 2.20 bits per heavy atom. The van der Waals surface area contributed by atoms with Gasteiger partial charge in [0, 0.05) is 31.5 Å². The summed E-state index contributed by atoms with van der Waals surface area (Å²) in [6.45, 7) is 3.55. The van der Waals surface area contributed by atoms with Gasteiger partial charge in [0.05, 0.1) is 0 Å². The number of anilines is 1. The summed E-state index contributed by atoms with van der Waals surface area (Å²) in [6, 6.07) is 7.15. The van der Waals surface area contributed by atoms with Crippen molar-refractivity contribution in [2.45, 2.75) is 31.7 Å². The number of fused-ring (bicyclic) bond motifs is 1. The van der Waals surface area contributed by atoms with Crippen LogP contribution in [0.2, 0.25) is 0 Å². The smallest absolute Gasteiger partial charge is 0.138 e. The molecule has 4 heterocycles. The van der Waals surface area contributed by atoms with Crippen molar-refractivity contribution >= 4 is 11.5 Å². The first-order valence-corrected chi connectivity index (χ1v) is 7.82. The first-order chi connectivity index (χ1) is 9.92. The fraction of sp³-hybridized carbons (Fsp3) is 0.562. The molecule has 1 N–H and O–H groups in total. The molecule has 0 aliphatic carbocycles. The zero-order chi connectivity index (χ0) is 13.4. The summed E-state index contributed by atoms with van der Waals surface area (Å²) in [7, 11) is 0. The van der Waals surface area contributed by atoms with Crippen LogP contribution in [-0.2, 0) is 0 Å². The predicted octanol–water partition coefficient (Wildman–Crippen LogP) is 2.30. The number of nitrogens with zero attached hydrogens (tertiary/aromatic N) is 3. The van der Waals surface area contributed by atoms with Gasteiger partial charge in [-0.15, -0.1) is 0 Å². The van der Waals surface area contributed by atoms with E-state index in [1.165, 1.54) is 51.1 Å². The van der Waals surface area contributed by atoms with Gasteiger partial charge in [0.1, 0.15) is 11.5 Å². The summed E-state index contributed by atoms with van der Waals surface area (Å²) >= 11 is 0. The molecule has 0 aromatic carbocycles. The van der Waals surface area contributed by atoms with Crippen LogP contribution in [0.4, 0.5) is 5.82 Å². The molecule has 4 heteroatoms. The summed E-state index contributed by atoms with van der Waals surface area (Å²) in [4.78, 5) is 6.94. The maximum absolute atomic E-state index is 4.39. The minimum Gasteiger partial charge on any atom is -0.357 e. The molecule has 2 aliphatic heterocycles. The molecule has 2 atom stereocenters. The lowest BCUT2D eigenvalue weighted by molar-refractivity contribution is 0.327. The van der Waals surface area contributed by atoms with Gasteiger partial charge in [-0.2, -0.15) is 0 Å². The number of piperidine rings is 1. The molecule has 2 fully saturated rings. The maximum atomic E-state index is 4.39. The first kappa shape index (κ1) is 12.2. The first-order valence-electron chi connectivity index (χ1n) is 7.82. The summed E-state index contributed by atoms with van der Waals surface area (Å²) in [5, 5.41) is 3.68. The van der Waals surface area contributed by atoms with Crippen LogP contribution < -0.4 is 10.2 Å². The largest absolute Gasteiger partial charge is 0.357 e. The molecule has 0 bridgehead atoms. The van der Waals surface area contributed by atoms with Gasteiger partial charge in [-0.1, -0.05) is 6.07 Å². The second-order valence-electron chi connectivity index (χ2n) is 6.09. The average Bonchev–Trinajstić information content (AvgIpc) is 3.18. The Bertz CT molecular complexity index is 585. The molecule has 0 radical (unpaired) electrons. The maximum Gasteiger partial charge on any atom is 0.138 e. The van der Waals surface area contributed by atoms with Crippen molar-refractivity contribution < 1.29 is 0 Å². The number of hydrogen-bond donors (Lipinski definition) is 1. The van der Waals surface area contributed by atoms with Crippen LogP contribution >= 0.6 is 0 Å². The lowest BCUT2D eigenvalue weighted by Crippen LogP contribution is -2.44. The van der Waals surface area contributed by atoms with E-state index < -0.39 is 0 Å². The van der Waals surface area contributed by atoms with E-state index in [-0.39, 0.29) is 0 Å². The SMILES string of the molecule is c1cc(N2CCCC(C3CCCN3)C2)n2ccnc2c1. The Labute approximate surface area is 119 Å². The predicted molar refractivity (Wildman–Crippen MR) is 81.2 cm³/mol. The van der Waals surface area contributed by atoms with Crippen LogP contribution in [0.3, 0.4) is 0 Å². The van der Waals surface area contributed by atoms with Crippen molar-refractivity contribution in [3.63, 3.8) is 0 Å². The summed E-state index contributed by atoms with van der Waals surface area (Å²) in [6.07, 6.45) is 9.33. The van der Waals surface area contributed by atoms with Gasteiger partial charge in [0.15, 0.2) is 0 Å². The molecule has 0 amide bonds. The molecule has 2 aromatic rings. The van der Waals surface area contributed by atoms with Crippen molar-refractivity contribution in [2.75, 3.05) is 24.5 Å². The fourth-order valence-corrected chi connectivity index (χ4v) is 3.85. The number of rotatable bonds is 2. The Kier molecular flexibility index (Phi) is 3.11.